The van der Waals surface area contributed by atoms with Gasteiger partial charge < -0.3 is 55.9 Å². The molecule has 1 aliphatic rings. The molecular formula is C61H122N12O2+8. The fraction of sp³-hybridized carbons (Fsp3) is 0.770. The van der Waals surface area contributed by atoms with Gasteiger partial charge in [-0.05, 0) is 24.3 Å². The van der Waals surface area contributed by atoms with Crippen molar-refractivity contribution in [2.75, 3.05) is 286 Å². The molecule has 75 heavy (non-hydrogen) atoms. The number of anilines is 4. The van der Waals surface area contributed by atoms with Crippen LogP contribution in [0.15, 0.2) is 24.3 Å². The lowest BCUT2D eigenvalue weighted by atomic mass is 9.79. The Bertz CT molecular complexity index is 2030. The van der Waals surface area contributed by atoms with E-state index in [1.165, 1.54) is 4.90 Å². The van der Waals surface area contributed by atoms with E-state index in [2.05, 4.69) is 206 Å². The molecule has 0 amide bonds. The van der Waals surface area contributed by atoms with E-state index in [0.717, 1.165) is 210 Å². The maximum atomic E-state index is 16.9. The summed E-state index contributed by atoms with van der Waals surface area (Å²) in [6, 6.07) is 8.99. The molecular weight excluding hydrogens is 933 g/mol. The first kappa shape index (κ1) is 65.9. The highest BCUT2D eigenvalue weighted by Crippen LogP contribution is 2.46. The van der Waals surface area contributed by atoms with Gasteiger partial charge in [0.1, 0.15) is 0 Å². The molecule has 0 radical (unpaired) electrons. The van der Waals surface area contributed by atoms with E-state index >= 15 is 9.59 Å². The van der Waals surface area contributed by atoms with Crippen molar-refractivity contribution in [2.45, 2.75) is 51.4 Å². The van der Waals surface area contributed by atoms with Crippen LogP contribution in [0, 0.1) is 0 Å². The topological polar surface area (TPSA) is 51.5 Å². The van der Waals surface area contributed by atoms with Crippen LogP contribution in [0.25, 0.3) is 0 Å². The second-order valence-electron chi connectivity index (χ2n) is 30.2. The molecule has 0 spiro atoms. The quantitative estimate of drug-likeness (QED) is 0.0839. The minimum absolute atomic E-state index is 0.0152. The Kier molecular flexibility index (Phi) is 24.2. The fourth-order valence-electron chi connectivity index (χ4n) is 10.6. The molecule has 0 aliphatic heterocycles. The maximum absolute atomic E-state index is 16.9. The third-order valence-electron chi connectivity index (χ3n) is 14.5. The number of hydrogen-bond donors (Lipinski definition) is 1. The number of carbonyl (C=O) groups excluding carboxylic acids is 2. The van der Waals surface area contributed by atoms with Crippen molar-refractivity contribution in [3.05, 3.63) is 46.5 Å². The second kappa shape index (κ2) is 27.5. The lowest BCUT2D eigenvalue weighted by Crippen LogP contribution is -3.05. The Labute approximate surface area is 462 Å². The van der Waals surface area contributed by atoms with Gasteiger partial charge in [-0.2, -0.15) is 0 Å². The number of fused-ring (bicyclic) bond motifs is 2. The van der Waals surface area contributed by atoms with Crippen LogP contribution in [0.2, 0.25) is 0 Å². The minimum atomic E-state index is 0.0152. The molecule has 14 nitrogen and oxygen atoms in total. The standard InChI is InChI=1S/C61H121N12O2/c1-62(2)36-24-37-63(38-25-45-67(3,4)5)52-32-33-53(64(39-26-46-68(6,7)8)40-27-47-69(9,10)11)57-56(52)60(74)58-54(65(41-28-48-70(12,13)14)42-29-49-71(15,16)17)34-35-55(59(58)61(57)75)66(43-30-50-72(18,19)20)44-31-51-73(21,22)23/h32-35H,24-31,36-51H2,1-23H3/q+7/p+1. The summed E-state index contributed by atoms with van der Waals surface area (Å²) in [5, 5.41) is 0. The number of benzene rings is 2. The molecule has 0 atom stereocenters. The van der Waals surface area contributed by atoms with E-state index in [0.29, 0.717) is 22.3 Å². The molecule has 14 heteroatoms. The Balaban J connectivity index is 2.61. The zero-order valence-electron chi connectivity index (χ0n) is 53.5. The van der Waals surface area contributed by atoms with E-state index in [1.807, 2.05) is 0 Å². The van der Waals surface area contributed by atoms with Gasteiger partial charge in [-0.3, -0.25) is 9.59 Å². The smallest absolute Gasteiger partial charge is 0.198 e. The Hall–Kier alpha value is -3.34. The Morgan fingerprint density at radius 2 is 0.453 bits per heavy atom. The van der Waals surface area contributed by atoms with E-state index in [4.69, 9.17) is 0 Å². The summed E-state index contributed by atoms with van der Waals surface area (Å²) < 4.78 is 6.10. The number of hydrogen-bond acceptors (Lipinski definition) is 6. The number of nitrogens with one attached hydrogen (secondary N) is 1. The third kappa shape index (κ3) is 24.1. The van der Waals surface area contributed by atoms with E-state index in [-0.39, 0.29) is 11.6 Å². The van der Waals surface area contributed by atoms with E-state index in [1.54, 1.807) is 0 Å². The number of carbonyl (C=O) groups is 2. The minimum Gasteiger partial charge on any atom is -0.370 e. The predicted molar refractivity (Wildman–Crippen MR) is 324 cm³/mol. The highest BCUT2D eigenvalue weighted by atomic mass is 16.1. The van der Waals surface area contributed by atoms with Gasteiger partial charge in [0.25, 0.3) is 0 Å². The van der Waals surface area contributed by atoms with Crippen molar-refractivity contribution >= 4 is 34.3 Å². The van der Waals surface area contributed by atoms with Crippen molar-refractivity contribution in [2.24, 2.45) is 0 Å². The first-order valence-electron chi connectivity index (χ1n) is 29.1. The molecule has 0 heterocycles. The average Bonchev–Trinajstić information content (AvgIpc) is 3.22. The zero-order chi connectivity index (χ0) is 57.0. The van der Waals surface area contributed by atoms with Crippen LogP contribution in [0.3, 0.4) is 0 Å². The van der Waals surface area contributed by atoms with Gasteiger partial charge >= 0.3 is 0 Å². The zero-order valence-corrected chi connectivity index (χ0v) is 53.5. The third-order valence-corrected chi connectivity index (χ3v) is 14.5. The summed E-state index contributed by atoms with van der Waals surface area (Å²) >= 11 is 0. The van der Waals surface area contributed by atoms with Crippen LogP contribution >= 0.6 is 0 Å². The van der Waals surface area contributed by atoms with Gasteiger partial charge in [0.15, 0.2) is 11.6 Å². The van der Waals surface area contributed by atoms with Gasteiger partial charge in [-0.15, -0.1) is 0 Å². The largest absolute Gasteiger partial charge is 0.370 e. The Morgan fingerprint density at radius 1 is 0.293 bits per heavy atom. The van der Waals surface area contributed by atoms with Crippen LogP contribution in [0.1, 0.15) is 83.2 Å². The number of nitrogens with zero attached hydrogens (tertiary/aromatic N) is 11. The molecule has 0 saturated carbocycles. The molecule has 0 bridgehead atoms. The molecule has 1 N–H and O–H groups in total. The molecule has 2 aromatic rings. The van der Waals surface area contributed by atoms with Crippen LogP contribution in [-0.4, -0.2) is 310 Å². The number of ketones is 2. The van der Waals surface area contributed by atoms with Crippen molar-refractivity contribution in [3.63, 3.8) is 0 Å². The summed E-state index contributed by atoms with van der Waals surface area (Å²) in [6.45, 7) is 14.6. The Morgan fingerprint density at radius 3 is 0.600 bits per heavy atom. The summed E-state index contributed by atoms with van der Waals surface area (Å²) in [6.07, 6.45) is 7.83. The predicted octanol–water partition coefficient (Wildman–Crippen LogP) is 4.90. The molecule has 2 aromatic carbocycles. The van der Waals surface area contributed by atoms with Gasteiger partial charge in [0.05, 0.1) is 237 Å². The maximum Gasteiger partial charge on any atom is 0.198 e. The lowest BCUT2D eigenvalue weighted by Gasteiger charge is -2.38. The highest BCUT2D eigenvalue weighted by molar-refractivity contribution is 6.35. The molecule has 1 aliphatic carbocycles. The van der Waals surface area contributed by atoms with Crippen molar-refractivity contribution < 1.29 is 45.9 Å². The molecule has 0 saturated heterocycles. The molecule has 0 unspecified atom stereocenters. The van der Waals surface area contributed by atoms with Crippen molar-refractivity contribution in [1.82, 2.24) is 0 Å². The first-order valence-corrected chi connectivity index (χ1v) is 29.1. The van der Waals surface area contributed by atoms with Gasteiger partial charge in [0, 0.05) is 126 Å². The monoisotopic (exact) mass is 1050 g/mol. The van der Waals surface area contributed by atoms with Crippen molar-refractivity contribution in [3.8, 4) is 0 Å². The van der Waals surface area contributed by atoms with Crippen LogP contribution in [0.5, 0.6) is 0 Å². The summed E-state index contributed by atoms with van der Waals surface area (Å²) in [4.78, 5) is 45.1. The normalized spacial score (nSPS) is 13.9. The average molecular weight is 1060 g/mol. The second-order valence-corrected chi connectivity index (χ2v) is 30.2. The molecule has 430 valence electrons. The van der Waals surface area contributed by atoms with Gasteiger partial charge in [0.2, 0.25) is 0 Å². The van der Waals surface area contributed by atoms with Gasteiger partial charge in [-0.25, -0.2) is 0 Å². The molecule has 0 aromatic heterocycles. The highest BCUT2D eigenvalue weighted by Gasteiger charge is 2.41. The number of rotatable bonds is 36. The SMILES string of the molecule is C[NH+](C)CCCN(CCC[N+](C)(C)C)c1ccc(N(CCC[N+](C)(C)C)CCC[N+](C)(C)C)c2c1C(=O)c1c(N(CCC[N+](C)(C)C)CCC[N+](C)(C)C)ccc(N(CCC[N+](C)(C)C)CCC[N+](C)(C)C)c1C2=O. The van der Waals surface area contributed by atoms with Crippen LogP contribution in [-0.2, 0) is 0 Å². The van der Waals surface area contributed by atoms with Gasteiger partial charge in [-0.1, -0.05) is 0 Å². The summed E-state index contributed by atoms with van der Waals surface area (Å²) in [5.74, 6) is 0.0306. The van der Waals surface area contributed by atoms with Crippen LogP contribution < -0.4 is 24.5 Å². The van der Waals surface area contributed by atoms with Crippen molar-refractivity contribution in [1.29, 1.82) is 0 Å². The first-order chi connectivity index (χ1) is 34.3. The summed E-state index contributed by atoms with van der Waals surface area (Å²) in [5.41, 5.74) is 6.16. The fourth-order valence-corrected chi connectivity index (χ4v) is 10.6. The van der Waals surface area contributed by atoms with E-state index in [9.17, 15) is 0 Å². The van der Waals surface area contributed by atoms with E-state index < -0.39 is 0 Å². The van der Waals surface area contributed by atoms with Crippen LogP contribution in [0.4, 0.5) is 22.7 Å². The lowest BCUT2D eigenvalue weighted by molar-refractivity contribution is -0.870. The molecule has 3 rings (SSSR count). The number of quaternary nitrogens is 8. The summed E-state index contributed by atoms with van der Waals surface area (Å²) in [7, 11) is 52.0. The molecule has 0 fully saturated rings.